The van der Waals surface area contributed by atoms with Crippen molar-refractivity contribution in [3.63, 3.8) is 0 Å². The second-order valence-electron chi connectivity index (χ2n) is 10.2. The summed E-state index contributed by atoms with van der Waals surface area (Å²) in [5.74, 6) is 0.149. The van der Waals surface area contributed by atoms with Crippen LogP contribution >= 0.6 is 11.6 Å². The van der Waals surface area contributed by atoms with E-state index in [2.05, 4.69) is 20.4 Å². The summed E-state index contributed by atoms with van der Waals surface area (Å²) in [5.41, 5.74) is 2.80. The minimum absolute atomic E-state index is 0.165. The second kappa shape index (κ2) is 12.4. The molecule has 0 spiro atoms. The number of carbonyl (C=O) groups is 2. The summed E-state index contributed by atoms with van der Waals surface area (Å²) >= 11 is 5.98. The predicted molar refractivity (Wildman–Crippen MR) is 155 cm³/mol. The van der Waals surface area contributed by atoms with Crippen LogP contribution in [-0.4, -0.2) is 51.0 Å². The van der Waals surface area contributed by atoms with E-state index in [1.165, 1.54) is 12.1 Å². The fraction of sp³-hybridized carbons (Fsp3) is 0.333. The van der Waals surface area contributed by atoms with E-state index in [0.717, 1.165) is 35.8 Å². The number of nitrogens with zero attached hydrogens (tertiary/aromatic N) is 2. The Morgan fingerprint density at radius 1 is 0.949 bits per heavy atom. The van der Waals surface area contributed by atoms with Crippen molar-refractivity contribution in [3.05, 3.63) is 83.7 Å². The van der Waals surface area contributed by atoms with Crippen molar-refractivity contribution in [2.24, 2.45) is 5.41 Å². The van der Waals surface area contributed by atoms with Gasteiger partial charge in [0.2, 0.25) is 5.91 Å². The highest BCUT2D eigenvalue weighted by atomic mass is 35.5. The molecule has 1 heterocycles. The van der Waals surface area contributed by atoms with E-state index >= 15 is 0 Å². The molecule has 1 fully saturated rings. The molecule has 0 atom stereocenters. The number of halogens is 2. The van der Waals surface area contributed by atoms with Crippen LogP contribution in [0.25, 0.3) is 0 Å². The summed E-state index contributed by atoms with van der Waals surface area (Å²) in [5, 5.41) is 5.83. The summed E-state index contributed by atoms with van der Waals surface area (Å²) in [6.45, 7) is 6.67. The number of piperazine rings is 1. The molecule has 2 amide bonds. The SMILES string of the molecule is COc1ccccc1N1CCN(c2ccc(NC(=O)C(C)(C)CCl)cc2C(=O)NCc2ccc(F)cc2)CC1. The highest BCUT2D eigenvalue weighted by Crippen LogP contribution is 2.31. The number of benzene rings is 3. The van der Waals surface area contributed by atoms with Gasteiger partial charge in [-0.25, -0.2) is 4.39 Å². The number of ether oxygens (including phenoxy) is 1. The number of alkyl halides is 1. The molecule has 2 N–H and O–H groups in total. The van der Waals surface area contributed by atoms with Crippen LogP contribution in [0, 0.1) is 11.2 Å². The third-order valence-electron chi connectivity index (χ3n) is 6.86. The molecular weight excluding hydrogens is 519 g/mol. The number of rotatable bonds is 9. The number of methoxy groups -OCH3 is 1. The molecule has 3 aromatic carbocycles. The first-order chi connectivity index (χ1) is 18.7. The zero-order chi connectivity index (χ0) is 28.0. The van der Waals surface area contributed by atoms with Crippen LogP contribution in [0.1, 0.15) is 29.8 Å². The van der Waals surface area contributed by atoms with E-state index in [-0.39, 0.29) is 30.1 Å². The van der Waals surface area contributed by atoms with Crippen LogP contribution in [0.2, 0.25) is 0 Å². The summed E-state index contributed by atoms with van der Waals surface area (Å²) in [7, 11) is 1.67. The molecule has 9 heteroatoms. The van der Waals surface area contributed by atoms with Gasteiger partial charge in [-0.1, -0.05) is 24.3 Å². The molecule has 7 nitrogen and oxygen atoms in total. The Kier molecular flexibility index (Phi) is 8.97. The molecule has 1 aliphatic heterocycles. The van der Waals surface area contributed by atoms with E-state index in [1.54, 1.807) is 45.2 Å². The normalized spacial score (nSPS) is 13.7. The fourth-order valence-corrected chi connectivity index (χ4v) is 4.51. The molecule has 39 heavy (non-hydrogen) atoms. The number of hydrogen-bond donors (Lipinski definition) is 2. The number of amides is 2. The Balaban J connectivity index is 1.55. The van der Waals surface area contributed by atoms with E-state index in [4.69, 9.17) is 16.3 Å². The van der Waals surface area contributed by atoms with Crippen molar-refractivity contribution in [2.45, 2.75) is 20.4 Å². The molecule has 3 aromatic rings. The van der Waals surface area contributed by atoms with Gasteiger partial charge in [-0.15, -0.1) is 11.6 Å². The lowest BCUT2D eigenvalue weighted by atomic mass is 9.95. The maximum atomic E-state index is 13.4. The predicted octanol–water partition coefficient (Wildman–Crippen LogP) is 5.29. The minimum Gasteiger partial charge on any atom is -0.495 e. The number of nitrogens with one attached hydrogen (secondary N) is 2. The second-order valence-corrected chi connectivity index (χ2v) is 10.4. The summed E-state index contributed by atoms with van der Waals surface area (Å²) < 4.78 is 18.8. The summed E-state index contributed by atoms with van der Waals surface area (Å²) in [4.78, 5) is 30.6. The molecule has 0 bridgehead atoms. The smallest absolute Gasteiger partial charge is 0.253 e. The largest absolute Gasteiger partial charge is 0.495 e. The van der Waals surface area contributed by atoms with Gasteiger partial charge in [0.25, 0.3) is 5.91 Å². The first-order valence-electron chi connectivity index (χ1n) is 12.9. The van der Waals surface area contributed by atoms with Gasteiger partial charge in [0.1, 0.15) is 11.6 Å². The standard InChI is InChI=1S/C30H34ClFN4O3/c1-30(2,20-31)29(38)34-23-12-13-25(24(18-23)28(37)33-19-21-8-10-22(32)11-9-21)35-14-16-36(17-15-35)26-6-4-5-7-27(26)39-3/h4-13,18H,14-17,19-20H2,1-3H3,(H,33,37)(H,34,38). The fourth-order valence-electron chi connectivity index (χ4n) is 4.39. The Labute approximate surface area is 233 Å². The van der Waals surface area contributed by atoms with Crippen LogP contribution in [0.5, 0.6) is 5.75 Å². The van der Waals surface area contributed by atoms with Crippen molar-refractivity contribution in [1.82, 2.24) is 5.32 Å². The van der Waals surface area contributed by atoms with Gasteiger partial charge >= 0.3 is 0 Å². The summed E-state index contributed by atoms with van der Waals surface area (Å²) in [6, 6.07) is 19.3. The van der Waals surface area contributed by atoms with E-state index < -0.39 is 5.41 Å². The Morgan fingerprint density at radius 3 is 2.23 bits per heavy atom. The van der Waals surface area contributed by atoms with E-state index in [9.17, 15) is 14.0 Å². The van der Waals surface area contributed by atoms with Gasteiger partial charge in [-0.05, 0) is 61.9 Å². The third-order valence-corrected chi connectivity index (χ3v) is 7.53. The highest BCUT2D eigenvalue weighted by Gasteiger charge is 2.28. The Bertz CT molecular complexity index is 1310. The molecule has 4 rings (SSSR count). The lowest BCUT2D eigenvalue weighted by molar-refractivity contribution is -0.122. The number of carbonyl (C=O) groups excluding carboxylic acids is 2. The van der Waals surface area contributed by atoms with Crippen molar-refractivity contribution >= 4 is 40.5 Å². The average molecular weight is 553 g/mol. The first-order valence-corrected chi connectivity index (χ1v) is 13.4. The highest BCUT2D eigenvalue weighted by molar-refractivity contribution is 6.20. The van der Waals surface area contributed by atoms with Crippen LogP contribution in [0.4, 0.5) is 21.5 Å². The van der Waals surface area contributed by atoms with Crippen molar-refractivity contribution in [3.8, 4) is 5.75 Å². The Hall–Kier alpha value is -3.78. The molecule has 1 aliphatic rings. The summed E-state index contributed by atoms with van der Waals surface area (Å²) in [6.07, 6.45) is 0. The van der Waals surface area contributed by atoms with Crippen LogP contribution in [-0.2, 0) is 11.3 Å². The minimum atomic E-state index is -0.764. The van der Waals surface area contributed by atoms with Crippen LogP contribution in [0.15, 0.2) is 66.7 Å². The first kappa shape index (κ1) is 28.2. The molecule has 206 valence electrons. The number of para-hydroxylation sites is 2. The van der Waals surface area contributed by atoms with Gasteiger partial charge in [-0.2, -0.15) is 0 Å². The monoisotopic (exact) mass is 552 g/mol. The molecule has 0 aliphatic carbocycles. The quantitative estimate of drug-likeness (QED) is 0.353. The molecule has 1 saturated heterocycles. The lowest BCUT2D eigenvalue weighted by Crippen LogP contribution is -2.47. The van der Waals surface area contributed by atoms with Crippen molar-refractivity contribution in [1.29, 1.82) is 0 Å². The van der Waals surface area contributed by atoms with Gasteiger partial charge in [-0.3, -0.25) is 9.59 Å². The Morgan fingerprint density at radius 2 is 1.59 bits per heavy atom. The van der Waals surface area contributed by atoms with Gasteiger partial charge in [0.05, 0.1) is 23.8 Å². The van der Waals surface area contributed by atoms with E-state index in [1.807, 2.05) is 30.3 Å². The van der Waals surface area contributed by atoms with Crippen LogP contribution in [0.3, 0.4) is 0 Å². The molecule has 0 radical (unpaired) electrons. The molecule has 0 aromatic heterocycles. The zero-order valence-electron chi connectivity index (χ0n) is 22.5. The lowest BCUT2D eigenvalue weighted by Gasteiger charge is -2.38. The van der Waals surface area contributed by atoms with Gasteiger partial charge in [0.15, 0.2) is 0 Å². The average Bonchev–Trinajstić information content (AvgIpc) is 2.96. The third kappa shape index (κ3) is 6.81. The van der Waals surface area contributed by atoms with Gasteiger partial charge < -0.3 is 25.2 Å². The van der Waals surface area contributed by atoms with Crippen LogP contribution < -0.4 is 25.2 Å². The number of hydrogen-bond acceptors (Lipinski definition) is 5. The van der Waals surface area contributed by atoms with Gasteiger partial charge in [0, 0.05) is 50.0 Å². The molecule has 0 unspecified atom stereocenters. The zero-order valence-corrected chi connectivity index (χ0v) is 23.2. The van der Waals surface area contributed by atoms with Crippen molar-refractivity contribution in [2.75, 3.05) is 54.3 Å². The molecular formula is C30H34ClFN4O3. The number of anilines is 3. The maximum Gasteiger partial charge on any atom is 0.253 e. The molecule has 0 saturated carbocycles. The topological polar surface area (TPSA) is 73.9 Å². The maximum absolute atomic E-state index is 13.4. The van der Waals surface area contributed by atoms with E-state index in [0.29, 0.717) is 24.3 Å². The van der Waals surface area contributed by atoms with Crippen molar-refractivity contribution < 1.29 is 18.7 Å².